The number of halogens is 2. The first-order valence-electron chi connectivity index (χ1n) is 7.47. The Hall–Kier alpha value is -1.06. The van der Waals surface area contributed by atoms with Crippen LogP contribution in [0.3, 0.4) is 0 Å². The fraction of sp³-hybridized carbons (Fsp3) is 0.533. The topological polar surface area (TPSA) is 102 Å². The molecule has 0 atom stereocenters. The smallest absolute Gasteiger partial charge is 0.257 e. The number of methoxy groups -OCH3 is 1. The van der Waals surface area contributed by atoms with E-state index in [2.05, 4.69) is 4.72 Å². The number of hydrogen-bond acceptors (Lipinski definition) is 5. The van der Waals surface area contributed by atoms with Crippen LogP contribution in [-0.4, -0.2) is 52.5 Å². The minimum Gasteiger partial charge on any atom is -0.494 e. The van der Waals surface area contributed by atoms with Gasteiger partial charge < -0.3 is 15.4 Å². The number of nitrogens with two attached hydrogens (primary N) is 1. The van der Waals surface area contributed by atoms with Gasteiger partial charge in [-0.05, 0) is 31.4 Å². The van der Waals surface area contributed by atoms with E-state index in [1.54, 1.807) is 14.1 Å². The van der Waals surface area contributed by atoms with Gasteiger partial charge in [0.15, 0.2) is 5.75 Å². The zero-order valence-corrected chi connectivity index (χ0v) is 16.7. The van der Waals surface area contributed by atoms with E-state index >= 15 is 0 Å². The molecule has 1 aromatic rings. The second-order valence-corrected chi connectivity index (χ2v) is 8.40. The molecule has 0 radical (unpaired) electrons. The maximum atomic E-state index is 12.7. The Morgan fingerprint density at radius 3 is 2.44 bits per heavy atom. The molecule has 1 aromatic carbocycles. The van der Waals surface area contributed by atoms with E-state index in [0.717, 1.165) is 19.3 Å². The number of hydrogen-bond donors (Lipinski definition) is 2. The van der Waals surface area contributed by atoms with Crippen molar-refractivity contribution in [2.75, 3.05) is 27.7 Å². The van der Waals surface area contributed by atoms with Crippen LogP contribution in [0, 0.1) is 0 Å². The van der Waals surface area contributed by atoms with Gasteiger partial charge in [0, 0.05) is 31.2 Å². The summed E-state index contributed by atoms with van der Waals surface area (Å²) in [7, 11) is 0.503. The van der Waals surface area contributed by atoms with Gasteiger partial charge in [-0.3, -0.25) is 4.79 Å². The highest BCUT2D eigenvalue weighted by Gasteiger charge is 2.35. The zero-order chi connectivity index (χ0) is 18.1. The Morgan fingerprint density at radius 1 is 1.40 bits per heavy atom. The Bertz CT molecular complexity index is 749. The van der Waals surface area contributed by atoms with Crippen molar-refractivity contribution in [2.24, 2.45) is 5.73 Å². The highest BCUT2D eigenvalue weighted by Crippen LogP contribution is 2.33. The summed E-state index contributed by atoms with van der Waals surface area (Å²) in [5.41, 5.74) is 5.63. The molecule has 0 saturated heterocycles. The SMILES string of the molecule is COc1c(C(=O)N(C)C)cc(Cl)cc1S(=O)(=O)NCC1(N)CCC1.Cl. The van der Waals surface area contributed by atoms with Crippen molar-refractivity contribution in [1.29, 1.82) is 0 Å². The van der Waals surface area contributed by atoms with E-state index in [0.29, 0.717) is 0 Å². The normalized spacial score (nSPS) is 15.7. The number of carbonyl (C=O) groups excluding carboxylic acids is 1. The van der Waals surface area contributed by atoms with E-state index in [9.17, 15) is 13.2 Å². The van der Waals surface area contributed by atoms with Crippen LogP contribution in [0.15, 0.2) is 17.0 Å². The third kappa shape index (κ3) is 4.77. The van der Waals surface area contributed by atoms with Crippen molar-refractivity contribution in [3.63, 3.8) is 0 Å². The van der Waals surface area contributed by atoms with Gasteiger partial charge in [-0.1, -0.05) is 11.6 Å². The number of nitrogens with zero attached hydrogens (tertiary/aromatic N) is 1. The van der Waals surface area contributed by atoms with Crippen molar-refractivity contribution in [1.82, 2.24) is 9.62 Å². The molecule has 10 heteroatoms. The maximum absolute atomic E-state index is 12.7. The minimum atomic E-state index is -3.93. The highest BCUT2D eigenvalue weighted by molar-refractivity contribution is 7.89. The third-order valence-electron chi connectivity index (χ3n) is 4.11. The average Bonchev–Trinajstić information content (AvgIpc) is 2.49. The van der Waals surface area contributed by atoms with Crippen molar-refractivity contribution in [3.05, 3.63) is 22.7 Å². The van der Waals surface area contributed by atoms with Crippen LogP contribution in [0.25, 0.3) is 0 Å². The molecule has 0 bridgehead atoms. The quantitative estimate of drug-likeness (QED) is 0.740. The number of amides is 1. The second-order valence-electron chi connectivity index (χ2n) is 6.22. The van der Waals surface area contributed by atoms with E-state index in [-0.39, 0.29) is 40.2 Å². The number of ether oxygens (including phenoxy) is 1. The zero-order valence-electron chi connectivity index (χ0n) is 14.3. The molecule has 0 spiro atoms. The Morgan fingerprint density at radius 2 is 2.00 bits per heavy atom. The van der Waals surface area contributed by atoms with E-state index < -0.39 is 21.5 Å². The summed E-state index contributed by atoms with van der Waals surface area (Å²) in [4.78, 5) is 13.4. The van der Waals surface area contributed by atoms with Gasteiger partial charge in [-0.25, -0.2) is 13.1 Å². The summed E-state index contributed by atoms with van der Waals surface area (Å²) in [5.74, 6) is -0.439. The monoisotopic (exact) mass is 411 g/mol. The lowest BCUT2D eigenvalue weighted by molar-refractivity contribution is 0.0823. The largest absolute Gasteiger partial charge is 0.494 e. The number of rotatable bonds is 6. The Balaban J connectivity index is 0.00000312. The van der Waals surface area contributed by atoms with E-state index in [1.165, 1.54) is 24.1 Å². The van der Waals surface area contributed by atoms with Crippen LogP contribution in [-0.2, 0) is 10.0 Å². The molecule has 2 rings (SSSR count). The molecule has 7 nitrogen and oxygen atoms in total. The minimum absolute atomic E-state index is 0. The molecule has 1 aliphatic carbocycles. The Kier molecular flexibility index (Phi) is 7.12. The molecule has 25 heavy (non-hydrogen) atoms. The van der Waals surface area contributed by atoms with Crippen molar-refractivity contribution < 1.29 is 17.9 Å². The molecule has 1 amide bonds. The van der Waals surface area contributed by atoms with Gasteiger partial charge in [0.05, 0.1) is 12.7 Å². The fourth-order valence-electron chi connectivity index (χ4n) is 2.50. The lowest BCUT2D eigenvalue weighted by Gasteiger charge is -2.38. The van der Waals surface area contributed by atoms with Crippen LogP contribution in [0.1, 0.15) is 29.6 Å². The first-order chi connectivity index (χ1) is 11.1. The Labute approximate surface area is 159 Å². The molecule has 3 N–H and O–H groups in total. The fourth-order valence-corrected chi connectivity index (χ4v) is 4.14. The standard InChI is InChI=1S/C15H22ClN3O4S.ClH/c1-19(2)14(20)11-7-10(16)8-12(13(11)23-3)24(21,22)18-9-15(17)5-4-6-15;/h7-8,18H,4-6,9,17H2,1-3H3;1H. The van der Waals surface area contributed by atoms with E-state index in [4.69, 9.17) is 22.1 Å². The first kappa shape index (κ1) is 22.0. The van der Waals surface area contributed by atoms with Crippen LogP contribution in [0.5, 0.6) is 5.75 Å². The number of carbonyl (C=O) groups is 1. The summed E-state index contributed by atoms with van der Waals surface area (Å²) in [6, 6.07) is 2.65. The number of nitrogens with one attached hydrogen (secondary N) is 1. The number of benzene rings is 1. The maximum Gasteiger partial charge on any atom is 0.257 e. The summed E-state index contributed by atoms with van der Waals surface area (Å²) < 4.78 is 33.0. The molecular formula is C15H23Cl2N3O4S. The predicted molar refractivity (Wildman–Crippen MR) is 99.2 cm³/mol. The highest BCUT2D eigenvalue weighted by atomic mass is 35.5. The second kappa shape index (κ2) is 8.09. The van der Waals surface area contributed by atoms with Crippen LogP contribution in [0.4, 0.5) is 0 Å². The third-order valence-corrected chi connectivity index (χ3v) is 5.74. The summed E-state index contributed by atoms with van der Waals surface area (Å²) in [6.45, 7) is 0.127. The molecule has 0 aliphatic heterocycles. The van der Waals surface area contributed by atoms with Crippen molar-refractivity contribution in [3.8, 4) is 5.75 Å². The lowest BCUT2D eigenvalue weighted by atomic mass is 9.78. The van der Waals surface area contributed by atoms with Gasteiger partial charge in [0.25, 0.3) is 5.91 Å². The average molecular weight is 412 g/mol. The van der Waals surface area contributed by atoms with Crippen LogP contribution >= 0.6 is 24.0 Å². The summed E-state index contributed by atoms with van der Waals surface area (Å²) in [5, 5.41) is 0.132. The molecule has 0 heterocycles. The molecule has 0 aromatic heterocycles. The first-order valence-corrected chi connectivity index (χ1v) is 9.33. The van der Waals surface area contributed by atoms with E-state index in [1.807, 2.05) is 0 Å². The van der Waals surface area contributed by atoms with Crippen LogP contribution in [0.2, 0.25) is 5.02 Å². The van der Waals surface area contributed by atoms with Gasteiger partial charge in [0.2, 0.25) is 10.0 Å². The summed E-state index contributed by atoms with van der Waals surface area (Å²) in [6.07, 6.45) is 2.53. The molecule has 142 valence electrons. The van der Waals surface area contributed by atoms with Crippen molar-refractivity contribution >= 4 is 39.9 Å². The molecule has 1 saturated carbocycles. The van der Waals surface area contributed by atoms with Gasteiger partial charge in [-0.2, -0.15) is 0 Å². The predicted octanol–water partition coefficient (Wildman–Crippen LogP) is 1.63. The van der Waals surface area contributed by atoms with Gasteiger partial charge in [0.1, 0.15) is 4.90 Å². The van der Waals surface area contributed by atoms with Crippen molar-refractivity contribution in [2.45, 2.75) is 29.7 Å². The molecular weight excluding hydrogens is 389 g/mol. The summed E-state index contributed by atoms with van der Waals surface area (Å²) >= 11 is 6.02. The van der Waals surface area contributed by atoms with Crippen LogP contribution < -0.4 is 15.2 Å². The molecule has 0 unspecified atom stereocenters. The number of sulfonamides is 1. The molecule has 1 fully saturated rings. The van der Waals surface area contributed by atoms with Gasteiger partial charge in [-0.15, -0.1) is 12.4 Å². The lowest BCUT2D eigenvalue weighted by Crippen LogP contribution is -2.54. The molecule has 1 aliphatic rings. The van der Waals surface area contributed by atoms with Gasteiger partial charge >= 0.3 is 0 Å².